The summed E-state index contributed by atoms with van der Waals surface area (Å²) in [7, 11) is 0. The van der Waals surface area contributed by atoms with Crippen molar-refractivity contribution in [2.24, 2.45) is 22.5 Å². The molecule has 0 aromatic rings. The monoisotopic (exact) mass is 543 g/mol. The SMILES string of the molecule is CC(C)(C)[C@H](NC(=O)C(F)(F)F)C(=O)N1CC2(CCC2)CC1C(=O)N[C@@H](C[C@@H]1CC2(CC2)NC1=O)C(N)=O. The molecule has 2 aliphatic heterocycles. The molecule has 0 aromatic carbocycles. The van der Waals surface area contributed by atoms with E-state index in [0.29, 0.717) is 6.42 Å². The van der Waals surface area contributed by atoms with Crippen LogP contribution in [-0.2, 0) is 24.0 Å². The van der Waals surface area contributed by atoms with Crippen LogP contribution in [0, 0.1) is 16.7 Å². The van der Waals surface area contributed by atoms with Gasteiger partial charge in [0.05, 0.1) is 0 Å². The molecule has 0 radical (unpaired) electrons. The molecule has 2 saturated heterocycles. The van der Waals surface area contributed by atoms with Crippen LogP contribution in [0.1, 0.15) is 72.1 Å². The van der Waals surface area contributed by atoms with E-state index >= 15 is 0 Å². The Hall–Kier alpha value is -2.86. The molecule has 0 aromatic heterocycles. The Bertz CT molecular complexity index is 1030. The second kappa shape index (κ2) is 9.41. The predicted molar refractivity (Wildman–Crippen MR) is 128 cm³/mol. The number of hydrogen-bond acceptors (Lipinski definition) is 5. The van der Waals surface area contributed by atoms with Crippen LogP contribution in [0.5, 0.6) is 0 Å². The van der Waals surface area contributed by atoms with Gasteiger partial charge in [-0.05, 0) is 55.8 Å². The van der Waals surface area contributed by atoms with Crippen LogP contribution < -0.4 is 21.7 Å². The van der Waals surface area contributed by atoms with Crippen LogP contribution in [0.25, 0.3) is 0 Å². The quantitative estimate of drug-likeness (QED) is 0.376. The van der Waals surface area contributed by atoms with Gasteiger partial charge in [0.15, 0.2) is 0 Å². The Balaban J connectivity index is 1.52. The Morgan fingerprint density at radius 2 is 1.71 bits per heavy atom. The zero-order chi connectivity index (χ0) is 28.3. The summed E-state index contributed by atoms with van der Waals surface area (Å²) in [5.41, 5.74) is 3.90. The number of nitrogens with two attached hydrogens (primary N) is 1. The molecule has 4 aliphatic rings. The van der Waals surface area contributed by atoms with Crippen molar-refractivity contribution in [1.29, 1.82) is 0 Å². The van der Waals surface area contributed by atoms with Crippen molar-refractivity contribution < 1.29 is 37.1 Å². The van der Waals surface area contributed by atoms with Crippen molar-refractivity contribution >= 4 is 29.5 Å². The highest BCUT2D eigenvalue weighted by Gasteiger charge is 2.55. The van der Waals surface area contributed by atoms with Crippen molar-refractivity contribution in [2.75, 3.05) is 6.54 Å². The van der Waals surface area contributed by atoms with Crippen LogP contribution in [0.3, 0.4) is 0 Å². The number of nitrogens with zero attached hydrogens (tertiary/aromatic N) is 1. The summed E-state index contributed by atoms with van der Waals surface area (Å²) in [4.78, 5) is 64.7. The van der Waals surface area contributed by atoms with Crippen LogP contribution in [0.2, 0.25) is 0 Å². The third-order valence-corrected chi connectivity index (χ3v) is 8.58. The van der Waals surface area contributed by atoms with E-state index in [4.69, 9.17) is 5.73 Å². The summed E-state index contributed by atoms with van der Waals surface area (Å²) >= 11 is 0. The molecule has 2 spiro atoms. The van der Waals surface area contributed by atoms with E-state index in [-0.39, 0.29) is 36.2 Å². The number of nitrogens with one attached hydrogen (secondary N) is 3. The molecule has 5 amide bonds. The van der Waals surface area contributed by atoms with Crippen molar-refractivity contribution in [3.8, 4) is 0 Å². The molecule has 38 heavy (non-hydrogen) atoms. The average Bonchev–Trinajstić information content (AvgIpc) is 3.25. The van der Waals surface area contributed by atoms with E-state index in [1.807, 2.05) is 5.32 Å². The minimum absolute atomic E-state index is 0.0206. The van der Waals surface area contributed by atoms with E-state index in [9.17, 15) is 37.1 Å². The number of alkyl halides is 3. The number of hydrogen-bond donors (Lipinski definition) is 4. The summed E-state index contributed by atoms with van der Waals surface area (Å²) < 4.78 is 39.1. The standard InChI is InChI=1S/C25H36F3N5O5/c1-22(2,3)16(31-21(38)25(26,27)28)20(37)33-12-23(5-4-6-23)11-15(33)19(36)30-14(17(29)34)9-13-10-24(7-8-24)32-18(13)35/h13-16H,4-12H2,1-3H3,(H2,29,34)(H,30,36)(H,31,38)(H,32,35)/t13-,14+,15?,16-/m1/s1. The Labute approximate surface area is 219 Å². The van der Waals surface area contributed by atoms with Gasteiger partial charge in [-0.1, -0.05) is 27.2 Å². The van der Waals surface area contributed by atoms with E-state index < -0.39 is 59.3 Å². The van der Waals surface area contributed by atoms with Gasteiger partial charge < -0.3 is 26.6 Å². The largest absolute Gasteiger partial charge is 0.471 e. The number of carbonyl (C=O) groups excluding carboxylic acids is 5. The maximum atomic E-state index is 13.6. The lowest BCUT2D eigenvalue weighted by Crippen LogP contribution is -2.60. The molecule has 10 nitrogen and oxygen atoms in total. The van der Waals surface area contributed by atoms with Gasteiger partial charge in [-0.15, -0.1) is 0 Å². The summed E-state index contributed by atoms with van der Waals surface area (Å²) in [5.74, 6) is -5.18. The van der Waals surface area contributed by atoms with Gasteiger partial charge in [-0.25, -0.2) is 0 Å². The molecular formula is C25H36F3N5O5. The maximum absolute atomic E-state index is 13.6. The fourth-order valence-corrected chi connectivity index (χ4v) is 6.04. The fourth-order valence-electron chi connectivity index (χ4n) is 6.04. The van der Waals surface area contributed by atoms with Crippen molar-refractivity contribution in [3.05, 3.63) is 0 Å². The minimum Gasteiger partial charge on any atom is -0.368 e. The first-order chi connectivity index (χ1) is 17.5. The second-order valence-electron chi connectivity index (χ2n) is 12.7. The zero-order valence-electron chi connectivity index (χ0n) is 21.9. The second-order valence-corrected chi connectivity index (χ2v) is 12.7. The first-order valence-corrected chi connectivity index (χ1v) is 13.1. The zero-order valence-corrected chi connectivity index (χ0v) is 21.9. The lowest BCUT2D eigenvalue weighted by Gasteiger charge is -2.39. The molecule has 2 saturated carbocycles. The lowest BCUT2D eigenvalue weighted by molar-refractivity contribution is -0.176. The third-order valence-electron chi connectivity index (χ3n) is 8.58. The number of halogens is 3. The van der Waals surface area contributed by atoms with Crippen molar-refractivity contribution in [3.63, 3.8) is 0 Å². The fraction of sp³-hybridized carbons (Fsp3) is 0.800. The van der Waals surface area contributed by atoms with Crippen LogP contribution in [0.4, 0.5) is 13.2 Å². The molecule has 2 heterocycles. The number of rotatable bonds is 7. The van der Waals surface area contributed by atoms with Crippen molar-refractivity contribution in [1.82, 2.24) is 20.9 Å². The van der Waals surface area contributed by atoms with Crippen molar-refractivity contribution in [2.45, 2.75) is 102 Å². The molecular weight excluding hydrogens is 507 g/mol. The average molecular weight is 544 g/mol. The van der Waals surface area contributed by atoms with E-state index in [2.05, 4.69) is 10.6 Å². The highest BCUT2D eigenvalue weighted by Crippen LogP contribution is 2.51. The highest BCUT2D eigenvalue weighted by atomic mass is 19.4. The van der Waals surface area contributed by atoms with E-state index in [1.54, 1.807) is 0 Å². The number of primary amides is 1. The summed E-state index contributed by atoms with van der Waals surface area (Å²) in [6, 6.07) is -3.74. The van der Waals surface area contributed by atoms with Crippen LogP contribution in [-0.4, -0.2) is 70.8 Å². The molecule has 13 heteroatoms. The maximum Gasteiger partial charge on any atom is 0.471 e. The smallest absolute Gasteiger partial charge is 0.368 e. The summed E-state index contributed by atoms with van der Waals surface area (Å²) in [5, 5.41) is 7.37. The Morgan fingerprint density at radius 1 is 1.08 bits per heavy atom. The van der Waals surface area contributed by atoms with Gasteiger partial charge in [0.1, 0.15) is 18.1 Å². The number of amides is 5. The number of carbonyl (C=O) groups is 5. The van der Waals surface area contributed by atoms with E-state index in [0.717, 1.165) is 32.1 Å². The predicted octanol–water partition coefficient (Wildman–Crippen LogP) is 0.880. The molecule has 2 aliphatic carbocycles. The summed E-state index contributed by atoms with van der Waals surface area (Å²) in [6.07, 6.45) is -0.200. The first kappa shape index (κ1) is 28.2. The van der Waals surface area contributed by atoms with Gasteiger partial charge in [-0.3, -0.25) is 24.0 Å². The molecule has 1 unspecified atom stereocenters. The Kier molecular flexibility index (Phi) is 6.97. The van der Waals surface area contributed by atoms with Gasteiger partial charge in [0.2, 0.25) is 23.6 Å². The highest BCUT2D eigenvalue weighted by molar-refractivity contribution is 5.96. The van der Waals surface area contributed by atoms with Gasteiger partial charge in [-0.2, -0.15) is 13.2 Å². The van der Waals surface area contributed by atoms with Crippen LogP contribution in [0.15, 0.2) is 0 Å². The minimum atomic E-state index is -5.18. The third kappa shape index (κ3) is 5.61. The van der Waals surface area contributed by atoms with Gasteiger partial charge in [0, 0.05) is 18.0 Å². The molecule has 212 valence electrons. The summed E-state index contributed by atoms with van der Waals surface area (Å²) in [6.45, 7) is 4.74. The van der Waals surface area contributed by atoms with Gasteiger partial charge in [0.25, 0.3) is 0 Å². The number of likely N-dealkylation sites (tertiary alicyclic amines) is 1. The van der Waals surface area contributed by atoms with Crippen LogP contribution >= 0.6 is 0 Å². The normalized spacial score (nSPS) is 26.9. The topological polar surface area (TPSA) is 151 Å². The lowest BCUT2D eigenvalue weighted by atomic mass is 9.67. The molecule has 4 rings (SSSR count). The van der Waals surface area contributed by atoms with Gasteiger partial charge >= 0.3 is 12.1 Å². The van der Waals surface area contributed by atoms with E-state index in [1.165, 1.54) is 25.7 Å². The first-order valence-electron chi connectivity index (χ1n) is 13.1. The molecule has 4 fully saturated rings. The molecule has 5 N–H and O–H groups in total. The Morgan fingerprint density at radius 3 is 2.16 bits per heavy atom. The molecule has 4 atom stereocenters. The molecule has 0 bridgehead atoms.